The largest absolute Gasteiger partial charge is 0.467 e. The molecule has 26 heavy (non-hydrogen) atoms. The van der Waals surface area contributed by atoms with Crippen LogP contribution in [0.25, 0.3) is 5.69 Å². The van der Waals surface area contributed by atoms with E-state index in [0.717, 1.165) is 35.5 Å². The zero-order valence-corrected chi connectivity index (χ0v) is 14.5. The average molecular weight is 349 g/mol. The molecule has 2 aromatic heterocycles. The first kappa shape index (κ1) is 16.3. The third-order valence-electron chi connectivity index (χ3n) is 4.63. The zero-order chi connectivity index (χ0) is 18.1. The minimum absolute atomic E-state index is 0.165. The minimum atomic E-state index is -0.165. The standard InChI is InChI=1S/C20H19N3O3/c1-13-19-17(5-2-6-18(19)24)23(22-13)15-9-7-14(8-10-15)20(25)21-12-16-4-3-11-26-16/h3-4,7-11H,2,5-6,12H2,1H3,(H,21,25). The molecule has 0 atom stereocenters. The maximum atomic E-state index is 12.2. The summed E-state index contributed by atoms with van der Waals surface area (Å²) in [4.78, 5) is 24.4. The monoisotopic (exact) mass is 349 g/mol. The molecule has 0 unspecified atom stereocenters. The Morgan fingerprint density at radius 3 is 2.77 bits per heavy atom. The quantitative estimate of drug-likeness (QED) is 0.784. The average Bonchev–Trinajstić information content (AvgIpc) is 3.28. The minimum Gasteiger partial charge on any atom is -0.467 e. The molecule has 1 aliphatic rings. The summed E-state index contributed by atoms with van der Waals surface area (Å²) in [6.07, 6.45) is 3.86. The second kappa shape index (κ2) is 6.63. The van der Waals surface area contributed by atoms with Crippen LogP contribution < -0.4 is 5.32 Å². The second-order valence-corrected chi connectivity index (χ2v) is 6.40. The van der Waals surface area contributed by atoms with Gasteiger partial charge in [-0.05, 0) is 56.2 Å². The lowest BCUT2D eigenvalue weighted by Gasteiger charge is -2.13. The van der Waals surface area contributed by atoms with Gasteiger partial charge in [0.1, 0.15) is 5.76 Å². The number of hydrogen-bond acceptors (Lipinski definition) is 4. The van der Waals surface area contributed by atoms with Gasteiger partial charge in [-0.1, -0.05) is 0 Å². The van der Waals surface area contributed by atoms with E-state index in [1.807, 2.05) is 29.8 Å². The van der Waals surface area contributed by atoms with Crippen LogP contribution in [0, 0.1) is 6.92 Å². The zero-order valence-electron chi connectivity index (χ0n) is 14.5. The normalized spacial score (nSPS) is 13.5. The number of ketones is 1. The second-order valence-electron chi connectivity index (χ2n) is 6.40. The van der Waals surface area contributed by atoms with Gasteiger partial charge < -0.3 is 9.73 Å². The lowest BCUT2D eigenvalue weighted by Crippen LogP contribution is -2.22. The molecule has 1 aromatic carbocycles. The van der Waals surface area contributed by atoms with Gasteiger partial charge in [0, 0.05) is 12.0 Å². The summed E-state index contributed by atoms with van der Waals surface area (Å²) in [5.41, 5.74) is 3.91. The topological polar surface area (TPSA) is 77.1 Å². The summed E-state index contributed by atoms with van der Waals surface area (Å²) in [7, 11) is 0. The van der Waals surface area contributed by atoms with Crippen LogP contribution in [0.1, 0.15) is 50.7 Å². The SMILES string of the molecule is Cc1nn(-c2ccc(C(=O)NCc3ccco3)cc2)c2c1C(=O)CCC2. The van der Waals surface area contributed by atoms with Crippen LogP contribution in [0.4, 0.5) is 0 Å². The number of hydrogen-bond donors (Lipinski definition) is 1. The molecule has 0 bridgehead atoms. The Kier molecular flexibility index (Phi) is 4.16. The number of carbonyl (C=O) groups excluding carboxylic acids is 2. The number of Topliss-reactive ketones (excluding diaryl/α,β-unsaturated/α-hetero) is 1. The highest BCUT2D eigenvalue weighted by molar-refractivity contribution is 5.99. The lowest BCUT2D eigenvalue weighted by atomic mass is 9.94. The van der Waals surface area contributed by atoms with Gasteiger partial charge in [-0.2, -0.15) is 5.10 Å². The first-order valence-corrected chi connectivity index (χ1v) is 8.66. The van der Waals surface area contributed by atoms with Crippen LogP contribution in [0.15, 0.2) is 47.1 Å². The Labute approximate surface area is 150 Å². The number of furan rings is 1. The van der Waals surface area contributed by atoms with Crippen LogP contribution in [0.2, 0.25) is 0 Å². The van der Waals surface area contributed by atoms with E-state index in [1.54, 1.807) is 24.5 Å². The number of nitrogens with zero attached hydrogens (tertiary/aromatic N) is 2. The predicted octanol–water partition coefficient (Wildman–Crippen LogP) is 3.22. The Morgan fingerprint density at radius 1 is 1.23 bits per heavy atom. The molecule has 0 spiro atoms. The summed E-state index contributed by atoms with van der Waals surface area (Å²) in [6.45, 7) is 2.22. The lowest BCUT2D eigenvalue weighted by molar-refractivity contribution is 0.0945. The summed E-state index contributed by atoms with van der Waals surface area (Å²) in [5.74, 6) is 0.712. The first-order chi connectivity index (χ1) is 12.6. The molecule has 1 N–H and O–H groups in total. The summed E-state index contributed by atoms with van der Waals surface area (Å²) >= 11 is 0. The molecular weight excluding hydrogens is 330 g/mol. The molecule has 0 aliphatic heterocycles. The fourth-order valence-electron chi connectivity index (χ4n) is 3.36. The summed E-state index contributed by atoms with van der Waals surface area (Å²) in [6, 6.07) is 10.8. The molecule has 132 valence electrons. The van der Waals surface area contributed by atoms with Gasteiger partial charge in [0.05, 0.1) is 35.4 Å². The fraction of sp³-hybridized carbons (Fsp3) is 0.250. The molecule has 6 heteroatoms. The van der Waals surface area contributed by atoms with Gasteiger partial charge in [-0.15, -0.1) is 0 Å². The van der Waals surface area contributed by atoms with Crippen LogP contribution in [0.3, 0.4) is 0 Å². The van der Waals surface area contributed by atoms with E-state index >= 15 is 0 Å². The van der Waals surface area contributed by atoms with E-state index in [0.29, 0.717) is 24.3 Å². The van der Waals surface area contributed by atoms with Crippen molar-refractivity contribution in [3.8, 4) is 5.69 Å². The molecule has 6 nitrogen and oxygen atoms in total. The smallest absolute Gasteiger partial charge is 0.251 e. The predicted molar refractivity (Wildman–Crippen MR) is 95.4 cm³/mol. The molecule has 1 aliphatic carbocycles. The highest BCUT2D eigenvalue weighted by atomic mass is 16.3. The highest BCUT2D eigenvalue weighted by Crippen LogP contribution is 2.26. The van der Waals surface area contributed by atoms with Crippen molar-refractivity contribution in [2.45, 2.75) is 32.7 Å². The number of aromatic nitrogens is 2. The fourth-order valence-corrected chi connectivity index (χ4v) is 3.36. The van der Waals surface area contributed by atoms with Crippen LogP contribution in [0.5, 0.6) is 0 Å². The Hall–Kier alpha value is -3.15. The Bertz CT molecular complexity index is 953. The van der Waals surface area contributed by atoms with Gasteiger partial charge in [-0.25, -0.2) is 4.68 Å². The maximum Gasteiger partial charge on any atom is 0.251 e. The Morgan fingerprint density at radius 2 is 2.04 bits per heavy atom. The van der Waals surface area contributed by atoms with E-state index in [4.69, 9.17) is 4.42 Å². The molecular formula is C20H19N3O3. The van der Waals surface area contributed by atoms with Crippen molar-refractivity contribution in [2.24, 2.45) is 0 Å². The number of fused-ring (bicyclic) bond motifs is 1. The van der Waals surface area contributed by atoms with Gasteiger partial charge >= 0.3 is 0 Å². The Balaban J connectivity index is 1.54. The van der Waals surface area contributed by atoms with Gasteiger partial charge in [0.2, 0.25) is 0 Å². The van der Waals surface area contributed by atoms with Gasteiger partial charge in [0.25, 0.3) is 5.91 Å². The molecule has 4 rings (SSSR count). The number of aryl methyl sites for hydroxylation is 1. The number of benzene rings is 1. The summed E-state index contributed by atoms with van der Waals surface area (Å²) in [5, 5.41) is 7.36. The van der Waals surface area contributed by atoms with Crippen LogP contribution in [-0.4, -0.2) is 21.5 Å². The molecule has 0 saturated carbocycles. The van der Waals surface area contributed by atoms with Crippen LogP contribution in [-0.2, 0) is 13.0 Å². The van der Waals surface area contributed by atoms with Gasteiger partial charge in [0.15, 0.2) is 5.78 Å². The van der Waals surface area contributed by atoms with Gasteiger partial charge in [-0.3, -0.25) is 9.59 Å². The third-order valence-corrected chi connectivity index (χ3v) is 4.63. The molecule has 3 aromatic rings. The van der Waals surface area contributed by atoms with Crippen molar-refractivity contribution in [3.05, 3.63) is 70.9 Å². The number of amides is 1. The first-order valence-electron chi connectivity index (χ1n) is 8.66. The van der Waals surface area contributed by atoms with E-state index in [2.05, 4.69) is 10.4 Å². The van der Waals surface area contributed by atoms with Crippen molar-refractivity contribution in [1.29, 1.82) is 0 Å². The molecule has 0 saturated heterocycles. The molecule has 1 amide bonds. The maximum absolute atomic E-state index is 12.2. The number of carbonyl (C=O) groups is 2. The highest BCUT2D eigenvalue weighted by Gasteiger charge is 2.25. The number of rotatable bonds is 4. The molecule has 0 radical (unpaired) electrons. The van der Waals surface area contributed by atoms with Crippen molar-refractivity contribution in [2.75, 3.05) is 0 Å². The van der Waals surface area contributed by atoms with Crippen molar-refractivity contribution >= 4 is 11.7 Å². The third kappa shape index (κ3) is 2.94. The van der Waals surface area contributed by atoms with Crippen molar-refractivity contribution in [1.82, 2.24) is 15.1 Å². The van der Waals surface area contributed by atoms with E-state index < -0.39 is 0 Å². The number of nitrogens with one attached hydrogen (secondary N) is 1. The van der Waals surface area contributed by atoms with E-state index in [1.165, 1.54) is 0 Å². The van der Waals surface area contributed by atoms with Crippen molar-refractivity contribution < 1.29 is 14.0 Å². The van der Waals surface area contributed by atoms with Crippen molar-refractivity contribution in [3.63, 3.8) is 0 Å². The van der Waals surface area contributed by atoms with E-state index in [-0.39, 0.29) is 11.7 Å². The van der Waals surface area contributed by atoms with Crippen LogP contribution >= 0.6 is 0 Å². The van der Waals surface area contributed by atoms with E-state index in [9.17, 15) is 9.59 Å². The summed E-state index contributed by atoms with van der Waals surface area (Å²) < 4.78 is 7.03. The molecule has 0 fully saturated rings. The molecule has 2 heterocycles.